The van der Waals surface area contributed by atoms with E-state index in [1.54, 1.807) is 22.7 Å². The average molecular weight is 269 g/mol. The molecule has 0 aliphatic rings. The van der Waals surface area contributed by atoms with Gasteiger partial charge < -0.3 is 9.72 Å². The smallest absolute Gasteiger partial charge is 0.221 e. The van der Waals surface area contributed by atoms with Crippen LogP contribution in [0.2, 0.25) is 0 Å². The molecular formula is C15H12FN3O. The summed E-state index contributed by atoms with van der Waals surface area (Å²) in [4.78, 5) is 15.5. The number of aromatic nitrogens is 2. The molecule has 0 atom stereocenters. The molecule has 0 aliphatic heterocycles. The molecular weight excluding hydrogens is 257 g/mol. The van der Waals surface area contributed by atoms with Crippen LogP contribution in [0.5, 0.6) is 0 Å². The number of amides is 1. The Bertz CT molecular complexity index is 795. The Kier molecular flexibility index (Phi) is 2.95. The quantitative estimate of drug-likeness (QED) is 0.777. The molecule has 3 rings (SSSR count). The molecule has 2 aromatic heterocycles. The molecule has 0 saturated carbocycles. The summed E-state index contributed by atoms with van der Waals surface area (Å²) in [5.74, 6) is -0.437. The number of benzene rings is 1. The molecule has 20 heavy (non-hydrogen) atoms. The highest BCUT2D eigenvalue weighted by atomic mass is 19.1. The van der Waals surface area contributed by atoms with Gasteiger partial charge in [0.1, 0.15) is 11.5 Å². The Hall–Kier alpha value is -2.69. The van der Waals surface area contributed by atoms with Crippen molar-refractivity contribution in [3.63, 3.8) is 0 Å². The van der Waals surface area contributed by atoms with Crippen molar-refractivity contribution in [1.82, 2.24) is 9.38 Å². The molecule has 2 heterocycles. The molecule has 4 nitrogen and oxygen atoms in total. The number of hydrogen-bond donors (Lipinski definition) is 1. The third-order valence-corrected chi connectivity index (χ3v) is 2.89. The molecule has 100 valence electrons. The second-order valence-corrected chi connectivity index (χ2v) is 4.50. The summed E-state index contributed by atoms with van der Waals surface area (Å²) in [7, 11) is 0. The first-order chi connectivity index (χ1) is 9.61. The van der Waals surface area contributed by atoms with Crippen LogP contribution in [-0.4, -0.2) is 15.3 Å². The van der Waals surface area contributed by atoms with Crippen LogP contribution in [0.1, 0.15) is 6.92 Å². The van der Waals surface area contributed by atoms with E-state index in [1.165, 1.54) is 19.2 Å². The molecule has 1 N–H and O–H groups in total. The van der Waals surface area contributed by atoms with Crippen LogP contribution in [0, 0.1) is 5.82 Å². The van der Waals surface area contributed by atoms with E-state index >= 15 is 0 Å². The van der Waals surface area contributed by atoms with Crippen molar-refractivity contribution in [3.05, 3.63) is 54.6 Å². The van der Waals surface area contributed by atoms with Gasteiger partial charge in [0, 0.05) is 30.6 Å². The fourth-order valence-electron chi connectivity index (χ4n) is 2.06. The van der Waals surface area contributed by atoms with E-state index < -0.39 is 0 Å². The maximum absolute atomic E-state index is 13.2. The normalized spacial score (nSPS) is 10.7. The molecule has 0 bridgehead atoms. The summed E-state index contributed by atoms with van der Waals surface area (Å²) in [6, 6.07) is 10.4. The van der Waals surface area contributed by atoms with Crippen molar-refractivity contribution in [2.24, 2.45) is 0 Å². The monoisotopic (exact) mass is 269 g/mol. The lowest BCUT2D eigenvalue weighted by atomic mass is 10.1. The van der Waals surface area contributed by atoms with Crippen LogP contribution >= 0.6 is 0 Å². The lowest BCUT2D eigenvalue weighted by molar-refractivity contribution is -0.114. The third kappa shape index (κ3) is 2.38. The van der Waals surface area contributed by atoms with E-state index in [-0.39, 0.29) is 11.7 Å². The van der Waals surface area contributed by atoms with Crippen LogP contribution in [-0.2, 0) is 4.79 Å². The van der Waals surface area contributed by atoms with Gasteiger partial charge in [-0.3, -0.25) is 4.79 Å². The lowest BCUT2D eigenvalue weighted by Crippen LogP contribution is -2.05. The largest absolute Gasteiger partial charge is 0.326 e. The van der Waals surface area contributed by atoms with Crippen molar-refractivity contribution < 1.29 is 9.18 Å². The number of fused-ring (bicyclic) bond motifs is 1. The summed E-state index contributed by atoms with van der Waals surface area (Å²) >= 11 is 0. The number of halogens is 1. The van der Waals surface area contributed by atoms with Crippen molar-refractivity contribution in [3.8, 4) is 11.3 Å². The molecule has 0 radical (unpaired) electrons. The van der Waals surface area contributed by atoms with Gasteiger partial charge in [-0.1, -0.05) is 12.1 Å². The van der Waals surface area contributed by atoms with Crippen LogP contribution in [0.4, 0.5) is 10.1 Å². The van der Waals surface area contributed by atoms with Gasteiger partial charge in [0.15, 0.2) is 0 Å². The number of anilines is 1. The van der Waals surface area contributed by atoms with E-state index in [1.807, 2.05) is 18.2 Å². The fraction of sp³-hybridized carbons (Fsp3) is 0.0667. The summed E-state index contributed by atoms with van der Waals surface area (Å²) in [6.07, 6.45) is 3.13. The standard InChI is InChI=1S/C15H12FN3O/c1-10(20)17-13-4-2-3-11(7-13)14-9-19-8-12(16)5-6-15(19)18-14/h2-9H,1H3,(H,17,20). The number of imidazole rings is 1. The molecule has 0 aliphatic carbocycles. The van der Waals surface area contributed by atoms with E-state index in [9.17, 15) is 9.18 Å². The highest BCUT2D eigenvalue weighted by molar-refractivity contribution is 5.89. The zero-order valence-corrected chi connectivity index (χ0v) is 10.8. The molecule has 0 fully saturated rings. The Morgan fingerprint density at radius 1 is 1.25 bits per heavy atom. The van der Waals surface area contributed by atoms with Crippen LogP contribution in [0.3, 0.4) is 0 Å². The third-order valence-electron chi connectivity index (χ3n) is 2.89. The molecule has 0 unspecified atom stereocenters. The molecule has 0 spiro atoms. The summed E-state index contributed by atoms with van der Waals surface area (Å²) < 4.78 is 14.8. The number of carbonyl (C=O) groups excluding carboxylic acids is 1. The molecule has 5 heteroatoms. The van der Waals surface area contributed by atoms with E-state index in [4.69, 9.17) is 0 Å². The number of hydrogen-bond acceptors (Lipinski definition) is 2. The Morgan fingerprint density at radius 3 is 2.90 bits per heavy atom. The Labute approximate surface area is 114 Å². The van der Waals surface area contributed by atoms with Gasteiger partial charge in [-0.15, -0.1) is 0 Å². The fourth-order valence-corrected chi connectivity index (χ4v) is 2.06. The second kappa shape index (κ2) is 4.77. The predicted octanol–water partition coefficient (Wildman–Crippen LogP) is 3.10. The number of nitrogens with one attached hydrogen (secondary N) is 1. The minimum absolute atomic E-state index is 0.126. The van der Waals surface area contributed by atoms with Gasteiger partial charge in [0.05, 0.1) is 5.69 Å². The average Bonchev–Trinajstić information content (AvgIpc) is 2.81. The van der Waals surface area contributed by atoms with Crippen LogP contribution < -0.4 is 5.32 Å². The maximum Gasteiger partial charge on any atom is 0.221 e. The van der Waals surface area contributed by atoms with Crippen molar-refractivity contribution in [2.45, 2.75) is 6.92 Å². The van der Waals surface area contributed by atoms with Gasteiger partial charge in [-0.05, 0) is 24.3 Å². The highest BCUT2D eigenvalue weighted by Gasteiger charge is 2.06. The van der Waals surface area contributed by atoms with Crippen molar-refractivity contribution in [2.75, 3.05) is 5.32 Å². The van der Waals surface area contributed by atoms with Gasteiger partial charge >= 0.3 is 0 Å². The predicted molar refractivity (Wildman–Crippen MR) is 74.9 cm³/mol. The maximum atomic E-state index is 13.2. The second-order valence-electron chi connectivity index (χ2n) is 4.50. The number of rotatable bonds is 2. The molecule has 3 aromatic rings. The van der Waals surface area contributed by atoms with Gasteiger partial charge in [0.2, 0.25) is 5.91 Å². The summed E-state index contributed by atoms with van der Waals surface area (Å²) in [5.41, 5.74) is 2.97. The van der Waals surface area contributed by atoms with E-state index in [2.05, 4.69) is 10.3 Å². The number of carbonyl (C=O) groups is 1. The first-order valence-electron chi connectivity index (χ1n) is 6.14. The van der Waals surface area contributed by atoms with Crippen LogP contribution in [0.25, 0.3) is 16.9 Å². The summed E-state index contributed by atoms with van der Waals surface area (Å²) in [5, 5.41) is 2.72. The first kappa shape index (κ1) is 12.3. The molecule has 1 aromatic carbocycles. The highest BCUT2D eigenvalue weighted by Crippen LogP contribution is 2.22. The summed E-state index contributed by atoms with van der Waals surface area (Å²) in [6.45, 7) is 1.46. The first-order valence-corrected chi connectivity index (χ1v) is 6.14. The minimum atomic E-state index is -0.312. The topological polar surface area (TPSA) is 46.4 Å². The zero-order valence-electron chi connectivity index (χ0n) is 10.8. The minimum Gasteiger partial charge on any atom is -0.326 e. The molecule has 1 amide bonds. The van der Waals surface area contributed by atoms with Gasteiger partial charge in [-0.25, -0.2) is 9.37 Å². The molecule has 0 saturated heterocycles. The van der Waals surface area contributed by atoms with E-state index in [0.29, 0.717) is 11.3 Å². The van der Waals surface area contributed by atoms with Gasteiger partial charge in [0.25, 0.3) is 0 Å². The Morgan fingerprint density at radius 2 is 2.10 bits per heavy atom. The number of nitrogens with zero attached hydrogens (tertiary/aromatic N) is 2. The van der Waals surface area contributed by atoms with Crippen molar-refractivity contribution >= 4 is 17.2 Å². The van der Waals surface area contributed by atoms with Crippen LogP contribution in [0.15, 0.2) is 48.8 Å². The van der Waals surface area contributed by atoms with Gasteiger partial charge in [-0.2, -0.15) is 0 Å². The Balaban J connectivity index is 2.03. The lowest BCUT2D eigenvalue weighted by Gasteiger charge is -2.03. The number of pyridine rings is 1. The van der Waals surface area contributed by atoms with Crippen molar-refractivity contribution in [1.29, 1.82) is 0 Å². The SMILES string of the molecule is CC(=O)Nc1cccc(-c2cn3cc(F)ccc3n2)c1. The van der Waals surface area contributed by atoms with E-state index in [0.717, 1.165) is 11.3 Å². The zero-order chi connectivity index (χ0) is 14.1.